The molecular weight excluding hydrogens is 807 g/mol. The van der Waals surface area contributed by atoms with Crippen LogP contribution in [0.2, 0.25) is 16.6 Å². The fourth-order valence-electron chi connectivity index (χ4n) is 8.19. The second-order valence-corrected chi connectivity index (χ2v) is 21.7. The van der Waals surface area contributed by atoms with Crippen LogP contribution in [0.1, 0.15) is 120 Å². The third-order valence-corrected chi connectivity index (χ3v) is 19.2. The van der Waals surface area contributed by atoms with Crippen molar-refractivity contribution < 1.29 is 30.0 Å². The maximum Gasteiger partial charge on any atom is 0.164 e. The number of hydrogen-bond acceptors (Lipinski definition) is 3. The maximum atomic E-state index is 12.2. The van der Waals surface area contributed by atoms with Crippen molar-refractivity contribution in [1.82, 2.24) is 4.98 Å². The molecule has 1 radical (unpaired) electrons. The molecule has 50 heavy (non-hydrogen) atoms. The number of hydrogen-bond donors (Lipinski definition) is 1. The number of benzene rings is 3. The molecule has 5 heteroatoms. The van der Waals surface area contributed by atoms with E-state index in [0.717, 1.165) is 42.5 Å². The Bertz CT molecular complexity index is 1740. The largest absolute Gasteiger partial charge is 0.512 e. The van der Waals surface area contributed by atoms with Crippen molar-refractivity contribution in [3.05, 3.63) is 83.8 Å². The molecule has 0 unspecified atom stereocenters. The van der Waals surface area contributed by atoms with E-state index < -0.39 is 8.07 Å². The summed E-state index contributed by atoms with van der Waals surface area (Å²) in [5.74, 6) is 0.286. The van der Waals surface area contributed by atoms with E-state index in [1.807, 2.05) is 47.7 Å². The first-order valence-corrected chi connectivity index (χ1v) is 21.0. The molecule has 0 saturated heterocycles. The molecule has 0 saturated carbocycles. The number of nitrogens with zero attached hydrogens (tertiary/aromatic N) is 1. The van der Waals surface area contributed by atoms with Crippen LogP contribution in [0.4, 0.5) is 0 Å². The molecule has 0 fully saturated rings. The van der Waals surface area contributed by atoms with Crippen LogP contribution in [-0.4, -0.2) is 23.9 Å². The fraction of sp³-hybridized carbons (Fsp3) is 0.511. The molecule has 0 atom stereocenters. The standard InChI is InChI=1S/C30H36NSi.C15H28O2.Ir/c1-19(2)32(20(3)4,21(5)6)26-10-12-27-24(18-26)9-11-29-28(27)13-14-31-30(29)25-16-22(7)15-23(8)17-25;1-7-14(5,8-2)12(16)11-13(17)15(6,9-3)10-4;/h9-16,18-21H,1-8H3;11,16H,7-10H2,1-6H3;/q-1;;/b;12-11-;. The van der Waals surface area contributed by atoms with Crippen LogP contribution in [0.15, 0.2) is 66.6 Å². The summed E-state index contributed by atoms with van der Waals surface area (Å²) in [7, 11) is -1.68. The molecule has 1 heterocycles. The molecule has 0 aliphatic heterocycles. The Hall–Kier alpha value is -2.59. The van der Waals surface area contributed by atoms with Crippen LogP contribution < -0.4 is 5.19 Å². The molecular formula is C45H64IrNO2Si-. The van der Waals surface area contributed by atoms with Crippen molar-refractivity contribution >= 4 is 40.6 Å². The number of ketones is 1. The Morgan fingerprint density at radius 2 is 1.32 bits per heavy atom. The average molecular weight is 871 g/mol. The van der Waals surface area contributed by atoms with Gasteiger partial charge in [-0.3, -0.25) is 4.79 Å². The van der Waals surface area contributed by atoms with Crippen molar-refractivity contribution in [2.45, 2.75) is 139 Å². The number of carbonyl (C=O) groups is 1. The minimum atomic E-state index is -1.68. The molecule has 0 aliphatic rings. The summed E-state index contributed by atoms with van der Waals surface area (Å²) >= 11 is 0. The molecule has 1 aromatic heterocycles. The van der Waals surface area contributed by atoms with Crippen LogP contribution in [0, 0.1) is 30.7 Å². The zero-order valence-electron chi connectivity index (χ0n) is 33.5. The number of rotatable bonds is 12. The van der Waals surface area contributed by atoms with Crippen molar-refractivity contribution in [2.75, 3.05) is 0 Å². The van der Waals surface area contributed by atoms with Gasteiger partial charge in [0.25, 0.3) is 0 Å². The van der Waals surface area contributed by atoms with E-state index in [9.17, 15) is 9.90 Å². The van der Waals surface area contributed by atoms with E-state index in [2.05, 4.69) is 110 Å². The smallest absolute Gasteiger partial charge is 0.164 e. The summed E-state index contributed by atoms with van der Waals surface area (Å²) in [6.07, 6.45) is 6.70. The first-order chi connectivity index (χ1) is 22.9. The van der Waals surface area contributed by atoms with Crippen molar-refractivity contribution in [2.24, 2.45) is 10.8 Å². The molecule has 0 amide bonds. The Balaban J connectivity index is 0.000000413. The predicted molar refractivity (Wildman–Crippen MR) is 217 cm³/mol. The molecule has 4 aromatic rings. The second-order valence-electron chi connectivity index (χ2n) is 15.8. The van der Waals surface area contributed by atoms with E-state index in [4.69, 9.17) is 4.98 Å². The average Bonchev–Trinajstić information content (AvgIpc) is 3.06. The van der Waals surface area contributed by atoms with Crippen molar-refractivity contribution in [3.63, 3.8) is 0 Å². The number of aliphatic hydroxyl groups is 1. The van der Waals surface area contributed by atoms with Gasteiger partial charge in [0.15, 0.2) is 5.78 Å². The van der Waals surface area contributed by atoms with Crippen molar-refractivity contribution in [3.8, 4) is 11.3 Å². The number of fused-ring (bicyclic) bond motifs is 3. The number of carbonyl (C=O) groups excluding carboxylic acids is 1. The van der Waals surface area contributed by atoms with Gasteiger partial charge in [-0.1, -0.05) is 132 Å². The van der Waals surface area contributed by atoms with E-state index >= 15 is 0 Å². The molecule has 0 bridgehead atoms. The molecule has 0 aliphatic carbocycles. The first kappa shape index (κ1) is 43.6. The summed E-state index contributed by atoms with van der Waals surface area (Å²) in [6.45, 7) is 31.0. The van der Waals surface area contributed by atoms with Gasteiger partial charge in [0.1, 0.15) is 5.76 Å². The molecule has 0 spiro atoms. The van der Waals surface area contributed by atoms with Gasteiger partial charge in [0.05, 0.1) is 8.07 Å². The SMILES string of the molecule is CCC(C)(CC)C(=O)/C=C(\O)C(C)(CC)CC.Cc1[c-]c(-c2nccc3c2ccc2cc([Si](C(C)C)(C(C)C)C(C)C)ccc23)cc(C)c1.[Ir]. The van der Waals surface area contributed by atoms with Crippen molar-refractivity contribution in [1.29, 1.82) is 0 Å². The summed E-state index contributed by atoms with van der Waals surface area (Å²) < 4.78 is 0. The molecule has 3 nitrogen and oxygen atoms in total. The van der Waals surface area contributed by atoms with Gasteiger partial charge < -0.3 is 10.1 Å². The van der Waals surface area contributed by atoms with Gasteiger partial charge >= 0.3 is 0 Å². The number of pyridine rings is 1. The number of aromatic nitrogens is 1. The van der Waals surface area contributed by atoms with E-state index in [0.29, 0.717) is 16.6 Å². The summed E-state index contributed by atoms with van der Waals surface area (Å²) in [5, 5.41) is 16.9. The topological polar surface area (TPSA) is 50.2 Å². The third-order valence-electron chi connectivity index (χ3n) is 12.1. The van der Waals surface area contributed by atoms with E-state index in [1.54, 1.807) is 5.19 Å². The summed E-state index contributed by atoms with van der Waals surface area (Å²) in [5.41, 5.74) is 6.02. The molecule has 275 valence electrons. The Morgan fingerprint density at radius 3 is 1.82 bits per heavy atom. The normalized spacial score (nSPS) is 12.8. The molecule has 4 rings (SSSR count). The summed E-state index contributed by atoms with van der Waals surface area (Å²) in [4.78, 5) is 16.9. The molecule has 1 N–H and O–H groups in total. The second kappa shape index (κ2) is 17.8. The van der Waals surface area contributed by atoms with Gasteiger partial charge in [0.2, 0.25) is 0 Å². The van der Waals surface area contributed by atoms with Crippen LogP contribution in [0.3, 0.4) is 0 Å². The summed E-state index contributed by atoms with van der Waals surface area (Å²) in [6, 6.07) is 21.9. The van der Waals surface area contributed by atoms with Crippen LogP contribution in [0.25, 0.3) is 32.8 Å². The van der Waals surface area contributed by atoms with Gasteiger partial charge in [0, 0.05) is 43.2 Å². The zero-order chi connectivity index (χ0) is 36.9. The number of aliphatic hydroxyl groups excluding tert-OH is 1. The van der Waals surface area contributed by atoms with Crippen LogP contribution >= 0.6 is 0 Å². The number of aryl methyl sites for hydroxylation is 2. The van der Waals surface area contributed by atoms with Gasteiger partial charge in [-0.05, 0) is 75.6 Å². The maximum absolute atomic E-state index is 12.2. The van der Waals surface area contributed by atoms with E-state index in [1.165, 1.54) is 33.2 Å². The van der Waals surface area contributed by atoms with Crippen LogP contribution in [-0.2, 0) is 24.9 Å². The van der Waals surface area contributed by atoms with Gasteiger partial charge in [-0.2, -0.15) is 0 Å². The Kier molecular flexibility index (Phi) is 15.5. The van der Waals surface area contributed by atoms with Gasteiger partial charge in [-0.25, -0.2) is 0 Å². The predicted octanol–water partition coefficient (Wildman–Crippen LogP) is 13.0. The van der Waals surface area contributed by atoms with Crippen LogP contribution in [0.5, 0.6) is 0 Å². The van der Waals surface area contributed by atoms with E-state index in [-0.39, 0.29) is 42.5 Å². The minimum Gasteiger partial charge on any atom is -0.512 e. The Labute approximate surface area is 319 Å². The quantitative estimate of drug-likeness (QED) is 0.0507. The monoisotopic (exact) mass is 871 g/mol. The zero-order valence-corrected chi connectivity index (χ0v) is 36.9. The number of allylic oxidation sites excluding steroid dienone is 2. The molecule has 3 aromatic carbocycles. The first-order valence-electron chi connectivity index (χ1n) is 18.7. The third kappa shape index (κ3) is 8.71. The fourth-order valence-corrected chi connectivity index (χ4v) is 15.0. The Morgan fingerprint density at radius 1 is 0.780 bits per heavy atom. The van der Waals surface area contributed by atoms with Gasteiger partial charge in [-0.15, -0.1) is 34.9 Å². The minimum absolute atomic E-state index is 0.